The summed E-state index contributed by atoms with van der Waals surface area (Å²) >= 11 is 0. The maximum Gasteiger partial charge on any atom is 0.246 e. The van der Waals surface area contributed by atoms with Gasteiger partial charge in [0.15, 0.2) is 0 Å². The molecule has 1 heterocycles. The van der Waals surface area contributed by atoms with Crippen LogP contribution >= 0.6 is 0 Å². The first-order chi connectivity index (χ1) is 14.0. The zero-order chi connectivity index (χ0) is 23.0. The third-order valence-electron chi connectivity index (χ3n) is 5.57. The molecule has 7 heteroatoms. The molecular formula is C23H42N4O3. The van der Waals surface area contributed by atoms with Gasteiger partial charge in [0, 0.05) is 31.2 Å². The number of likely N-dealkylation sites (N-methyl/N-ethyl adjacent to an activating group) is 1. The van der Waals surface area contributed by atoms with Crippen molar-refractivity contribution >= 4 is 17.7 Å². The van der Waals surface area contributed by atoms with Crippen molar-refractivity contribution in [1.29, 1.82) is 0 Å². The molecule has 0 aromatic rings. The zero-order valence-electron chi connectivity index (χ0n) is 20.1. The Labute approximate surface area is 182 Å². The van der Waals surface area contributed by atoms with Crippen LogP contribution in [0.1, 0.15) is 67.7 Å². The van der Waals surface area contributed by atoms with Crippen LogP contribution in [0, 0.1) is 5.92 Å². The number of piperidine rings is 1. The summed E-state index contributed by atoms with van der Waals surface area (Å²) in [5.74, 6) is -0.370. The summed E-state index contributed by atoms with van der Waals surface area (Å²) in [6, 6.07) is -0.412. The van der Waals surface area contributed by atoms with Gasteiger partial charge in [0.05, 0.1) is 6.04 Å². The number of nitrogens with zero attached hydrogens (tertiary/aromatic N) is 2. The van der Waals surface area contributed by atoms with Gasteiger partial charge in [-0.05, 0) is 59.9 Å². The van der Waals surface area contributed by atoms with Crippen molar-refractivity contribution in [3.63, 3.8) is 0 Å². The van der Waals surface area contributed by atoms with E-state index < -0.39 is 6.04 Å². The average molecular weight is 423 g/mol. The highest BCUT2D eigenvalue weighted by atomic mass is 16.2. The van der Waals surface area contributed by atoms with Gasteiger partial charge in [-0.2, -0.15) is 0 Å². The van der Waals surface area contributed by atoms with Crippen molar-refractivity contribution < 1.29 is 14.4 Å². The highest BCUT2D eigenvalue weighted by Crippen LogP contribution is 2.20. The number of hydrogen-bond acceptors (Lipinski definition) is 4. The Balaban J connectivity index is 2.80. The van der Waals surface area contributed by atoms with Crippen LogP contribution < -0.4 is 10.6 Å². The van der Waals surface area contributed by atoms with Crippen LogP contribution in [-0.2, 0) is 14.4 Å². The van der Waals surface area contributed by atoms with Crippen LogP contribution in [0.25, 0.3) is 0 Å². The second-order valence-corrected chi connectivity index (χ2v) is 9.31. The fourth-order valence-corrected chi connectivity index (χ4v) is 3.69. The van der Waals surface area contributed by atoms with Crippen LogP contribution in [0.15, 0.2) is 11.6 Å². The summed E-state index contributed by atoms with van der Waals surface area (Å²) < 4.78 is 0. The molecule has 1 aliphatic heterocycles. The van der Waals surface area contributed by atoms with E-state index in [0.29, 0.717) is 18.2 Å². The van der Waals surface area contributed by atoms with Crippen molar-refractivity contribution in [2.45, 2.75) is 91.9 Å². The standard InChI is InChI=1S/C23H42N4O3/c1-15(2)20(25-22(29)19-11-9-10-13-27(19)17(5)6)23(30)26(8)14-12-18(7)21(28)24-16(3)4/h12,15-17,19-20H,9-11,13-14H2,1-8H3,(H,24,28)(H,25,29)/b18-12+. The highest BCUT2D eigenvalue weighted by molar-refractivity contribution is 5.93. The predicted molar refractivity (Wildman–Crippen MR) is 121 cm³/mol. The summed E-state index contributed by atoms with van der Waals surface area (Å²) in [5, 5.41) is 5.86. The summed E-state index contributed by atoms with van der Waals surface area (Å²) in [4.78, 5) is 41.9. The minimum Gasteiger partial charge on any atom is -0.350 e. The predicted octanol–water partition coefficient (Wildman–Crippen LogP) is 2.32. The Hall–Kier alpha value is -1.89. The summed E-state index contributed by atoms with van der Waals surface area (Å²) in [6.07, 6.45) is 4.71. The van der Waals surface area contributed by atoms with E-state index in [4.69, 9.17) is 0 Å². The van der Waals surface area contributed by atoms with Gasteiger partial charge in [0.1, 0.15) is 6.04 Å². The maximum atomic E-state index is 13.0. The fourth-order valence-electron chi connectivity index (χ4n) is 3.69. The molecule has 1 fully saturated rings. The van der Waals surface area contributed by atoms with Crippen LogP contribution in [0.3, 0.4) is 0 Å². The lowest BCUT2D eigenvalue weighted by molar-refractivity contribution is -0.138. The van der Waals surface area contributed by atoms with Gasteiger partial charge < -0.3 is 15.5 Å². The lowest BCUT2D eigenvalue weighted by atomic mass is 9.97. The highest BCUT2D eigenvalue weighted by Gasteiger charge is 2.34. The van der Waals surface area contributed by atoms with Crippen molar-refractivity contribution in [1.82, 2.24) is 20.4 Å². The summed E-state index contributed by atoms with van der Waals surface area (Å²) in [7, 11) is 1.70. The van der Waals surface area contributed by atoms with E-state index in [1.165, 1.54) is 0 Å². The van der Waals surface area contributed by atoms with E-state index in [1.54, 1.807) is 24.9 Å². The van der Waals surface area contributed by atoms with Crippen molar-refractivity contribution in [2.24, 2.45) is 5.92 Å². The van der Waals surface area contributed by atoms with Gasteiger partial charge in [0.25, 0.3) is 0 Å². The van der Waals surface area contributed by atoms with Crippen LogP contribution in [-0.4, -0.2) is 71.8 Å². The molecule has 30 heavy (non-hydrogen) atoms. The first-order valence-corrected chi connectivity index (χ1v) is 11.2. The van der Waals surface area contributed by atoms with Gasteiger partial charge in [-0.25, -0.2) is 0 Å². The van der Waals surface area contributed by atoms with E-state index in [1.807, 2.05) is 27.7 Å². The Bertz CT molecular complexity index is 628. The van der Waals surface area contributed by atoms with Gasteiger partial charge in [0.2, 0.25) is 17.7 Å². The summed E-state index contributed by atoms with van der Waals surface area (Å²) in [6.45, 7) is 14.9. The molecule has 1 rings (SSSR count). The Kier molecular flexibility index (Phi) is 10.5. The third-order valence-corrected chi connectivity index (χ3v) is 5.57. The van der Waals surface area contributed by atoms with Crippen molar-refractivity contribution in [3.8, 4) is 0 Å². The number of carbonyl (C=O) groups is 3. The van der Waals surface area contributed by atoms with Gasteiger partial charge in [-0.15, -0.1) is 0 Å². The van der Waals surface area contributed by atoms with E-state index in [9.17, 15) is 14.4 Å². The lowest BCUT2D eigenvalue weighted by Crippen LogP contribution is -2.57. The minimum atomic E-state index is -0.586. The maximum absolute atomic E-state index is 13.0. The first kappa shape index (κ1) is 26.1. The van der Waals surface area contributed by atoms with Crippen molar-refractivity contribution in [3.05, 3.63) is 11.6 Å². The number of likely N-dealkylation sites (tertiary alicyclic amines) is 1. The van der Waals surface area contributed by atoms with E-state index >= 15 is 0 Å². The number of amides is 3. The van der Waals surface area contributed by atoms with Gasteiger partial charge in [-0.1, -0.05) is 26.3 Å². The molecular weight excluding hydrogens is 380 g/mol. The van der Waals surface area contributed by atoms with Gasteiger partial charge in [-0.3, -0.25) is 19.3 Å². The molecule has 2 atom stereocenters. The third kappa shape index (κ3) is 7.74. The molecule has 3 amide bonds. The molecule has 2 unspecified atom stereocenters. The molecule has 0 aromatic carbocycles. The second-order valence-electron chi connectivity index (χ2n) is 9.31. The molecule has 0 aliphatic carbocycles. The van der Waals surface area contributed by atoms with E-state index in [2.05, 4.69) is 29.4 Å². The van der Waals surface area contributed by atoms with E-state index in [0.717, 1.165) is 25.8 Å². The number of hydrogen-bond donors (Lipinski definition) is 2. The summed E-state index contributed by atoms with van der Waals surface area (Å²) in [5.41, 5.74) is 0.572. The normalized spacial score (nSPS) is 19.2. The molecule has 0 radical (unpaired) electrons. The SMILES string of the molecule is C/C(=C\CN(C)C(=O)C(NC(=O)C1CCCCN1C(C)C)C(C)C)C(=O)NC(C)C. The monoisotopic (exact) mass is 422 g/mol. The first-order valence-electron chi connectivity index (χ1n) is 11.2. The largest absolute Gasteiger partial charge is 0.350 e. The molecule has 7 nitrogen and oxygen atoms in total. The average Bonchev–Trinajstić information content (AvgIpc) is 2.68. The smallest absolute Gasteiger partial charge is 0.246 e. The van der Waals surface area contributed by atoms with E-state index in [-0.39, 0.29) is 35.7 Å². The number of carbonyl (C=O) groups excluding carboxylic acids is 3. The quantitative estimate of drug-likeness (QED) is 0.559. The van der Waals surface area contributed by atoms with Crippen LogP contribution in [0.2, 0.25) is 0 Å². The molecule has 0 bridgehead atoms. The fraction of sp³-hybridized carbons (Fsp3) is 0.783. The second kappa shape index (κ2) is 12.1. The number of nitrogens with one attached hydrogen (secondary N) is 2. The molecule has 1 aliphatic rings. The van der Waals surface area contributed by atoms with Gasteiger partial charge >= 0.3 is 0 Å². The molecule has 0 aromatic heterocycles. The lowest BCUT2D eigenvalue weighted by Gasteiger charge is -2.38. The minimum absolute atomic E-state index is 0.0330. The molecule has 0 saturated carbocycles. The molecule has 172 valence electrons. The van der Waals surface area contributed by atoms with Crippen LogP contribution in [0.5, 0.6) is 0 Å². The molecule has 2 N–H and O–H groups in total. The molecule has 1 saturated heterocycles. The molecule has 0 spiro atoms. The van der Waals surface area contributed by atoms with Crippen molar-refractivity contribution in [2.75, 3.05) is 20.1 Å². The number of rotatable bonds is 9. The Morgan fingerprint density at radius 1 is 1.07 bits per heavy atom. The topological polar surface area (TPSA) is 81.8 Å². The Morgan fingerprint density at radius 2 is 1.70 bits per heavy atom. The Morgan fingerprint density at radius 3 is 2.23 bits per heavy atom. The van der Waals surface area contributed by atoms with Crippen LogP contribution in [0.4, 0.5) is 0 Å². The zero-order valence-corrected chi connectivity index (χ0v) is 20.1.